The molecule has 3 rings (SSSR count). The first-order valence-electron chi connectivity index (χ1n) is 7.39. The Morgan fingerprint density at radius 3 is 3.13 bits per heavy atom. The molecule has 1 aromatic heterocycles. The van der Waals surface area contributed by atoms with Crippen molar-refractivity contribution in [2.45, 2.75) is 25.9 Å². The van der Waals surface area contributed by atoms with E-state index in [-0.39, 0.29) is 12.0 Å². The van der Waals surface area contributed by atoms with Crippen LogP contribution in [-0.4, -0.2) is 30.2 Å². The number of hydrogen-bond donors (Lipinski definition) is 1. The molecule has 1 saturated heterocycles. The highest BCUT2D eigenvalue weighted by molar-refractivity contribution is 7.09. The van der Waals surface area contributed by atoms with Gasteiger partial charge in [-0.2, -0.15) is 0 Å². The van der Waals surface area contributed by atoms with Crippen LogP contribution in [0.25, 0.3) is 0 Å². The van der Waals surface area contributed by atoms with Crippen LogP contribution in [0.2, 0.25) is 0 Å². The number of nitrogens with zero attached hydrogens (tertiary/aromatic N) is 1. The van der Waals surface area contributed by atoms with Crippen molar-refractivity contribution < 1.29 is 18.7 Å². The molecule has 0 radical (unpaired) electrons. The van der Waals surface area contributed by atoms with E-state index in [9.17, 15) is 9.18 Å². The highest BCUT2D eigenvalue weighted by Crippen LogP contribution is 2.27. The van der Waals surface area contributed by atoms with Crippen molar-refractivity contribution in [1.29, 1.82) is 0 Å². The largest absolute Gasteiger partial charge is 0.489 e. The van der Waals surface area contributed by atoms with E-state index in [0.717, 1.165) is 24.5 Å². The molecule has 1 aliphatic rings. The van der Waals surface area contributed by atoms with Gasteiger partial charge in [0, 0.05) is 18.1 Å². The van der Waals surface area contributed by atoms with Crippen LogP contribution in [0.15, 0.2) is 23.6 Å². The highest BCUT2D eigenvalue weighted by Gasteiger charge is 2.18. The SMILES string of the molecule is Cc1nc(C(=O)Nc2cc(F)ccc2OCC2CCCO2)cs1. The lowest BCUT2D eigenvalue weighted by Crippen LogP contribution is -2.18. The minimum Gasteiger partial charge on any atom is -0.489 e. The maximum absolute atomic E-state index is 13.5. The second-order valence-electron chi connectivity index (χ2n) is 5.29. The number of aromatic nitrogens is 1. The van der Waals surface area contributed by atoms with Gasteiger partial charge < -0.3 is 14.8 Å². The summed E-state index contributed by atoms with van der Waals surface area (Å²) >= 11 is 1.38. The molecule has 1 aromatic carbocycles. The predicted molar refractivity (Wildman–Crippen MR) is 85.7 cm³/mol. The van der Waals surface area contributed by atoms with E-state index < -0.39 is 5.82 Å². The first-order chi connectivity index (χ1) is 11.1. The third kappa shape index (κ3) is 4.05. The maximum atomic E-state index is 13.5. The fourth-order valence-corrected chi connectivity index (χ4v) is 2.93. The third-order valence-corrected chi connectivity index (χ3v) is 4.26. The van der Waals surface area contributed by atoms with Crippen LogP contribution in [0.5, 0.6) is 5.75 Å². The third-order valence-electron chi connectivity index (χ3n) is 3.49. The van der Waals surface area contributed by atoms with Gasteiger partial charge in [0.15, 0.2) is 0 Å². The van der Waals surface area contributed by atoms with E-state index in [1.54, 1.807) is 5.38 Å². The Morgan fingerprint density at radius 1 is 1.57 bits per heavy atom. The maximum Gasteiger partial charge on any atom is 0.275 e. The van der Waals surface area contributed by atoms with E-state index in [4.69, 9.17) is 9.47 Å². The van der Waals surface area contributed by atoms with Crippen LogP contribution in [-0.2, 0) is 4.74 Å². The van der Waals surface area contributed by atoms with Crippen LogP contribution in [0.3, 0.4) is 0 Å². The molecule has 0 bridgehead atoms. The standard InChI is InChI=1S/C16H17FN2O3S/c1-10-18-14(9-23-10)16(20)19-13-7-11(17)4-5-15(13)22-8-12-3-2-6-21-12/h4-5,7,9,12H,2-3,6,8H2,1H3,(H,19,20). The van der Waals surface area contributed by atoms with Gasteiger partial charge >= 0.3 is 0 Å². The number of hydrogen-bond acceptors (Lipinski definition) is 5. The Kier molecular flexibility index (Phi) is 4.88. The zero-order valence-corrected chi connectivity index (χ0v) is 13.5. The molecule has 0 saturated carbocycles. The predicted octanol–water partition coefficient (Wildman–Crippen LogP) is 3.40. The molecule has 23 heavy (non-hydrogen) atoms. The number of ether oxygens (including phenoxy) is 2. The highest BCUT2D eigenvalue weighted by atomic mass is 32.1. The van der Waals surface area contributed by atoms with E-state index in [1.165, 1.54) is 29.5 Å². The average Bonchev–Trinajstić information content (AvgIpc) is 3.18. The lowest BCUT2D eigenvalue weighted by Gasteiger charge is -2.15. The fraction of sp³-hybridized carbons (Fsp3) is 0.375. The molecule has 7 heteroatoms. The minimum absolute atomic E-state index is 0.0461. The van der Waals surface area contributed by atoms with Gasteiger partial charge in [0.25, 0.3) is 5.91 Å². The molecular weight excluding hydrogens is 319 g/mol. The topological polar surface area (TPSA) is 60.5 Å². The molecule has 1 aliphatic heterocycles. The second-order valence-corrected chi connectivity index (χ2v) is 6.35. The lowest BCUT2D eigenvalue weighted by molar-refractivity contribution is 0.0681. The van der Waals surface area contributed by atoms with Gasteiger partial charge in [-0.1, -0.05) is 0 Å². The van der Waals surface area contributed by atoms with Crippen LogP contribution >= 0.6 is 11.3 Å². The van der Waals surface area contributed by atoms with Gasteiger partial charge in [0.05, 0.1) is 16.8 Å². The number of amides is 1. The molecule has 122 valence electrons. The molecule has 5 nitrogen and oxygen atoms in total. The summed E-state index contributed by atoms with van der Waals surface area (Å²) in [4.78, 5) is 16.3. The Bertz CT molecular complexity index is 698. The summed E-state index contributed by atoms with van der Waals surface area (Å²) in [6.45, 7) is 2.94. The van der Waals surface area contributed by atoms with Crippen LogP contribution < -0.4 is 10.1 Å². The molecule has 1 amide bonds. The van der Waals surface area contributed by atoms with E-state index >= 15 is 0 Å². The zero-order valence-electron chi connectivity index (χ0n) is 12.7. The number of anilines is 1. The van der Waals surface area contributed by atoms with Gasteiger partial charge in [-0.3, -0.25) is 4.79 Å². The van der Waals surface area contributed by atoms with Crippen molar-refractivity contribution in [3.8, 4) is 5.75 Å². The summed E-state index contributed by atoms with van der Waals surface area (Å²) in [6.07, 6.45) is 2.01. The number of benzene rings is 1. The van der Waals surface area contributed by atoms with Crippen LogP contribution in [0, 0.1) is 12.7 Å². The van der Waals surface area contributed by atoms with Crippen LogP contribution in [0.4, 0.5) is 10.1 Å². The number of halogens is 1. The smallest absolute Gasteiger partial charge is 0.275 e. The monoisotopic (exact) mass is 336 g/mol. The molecule has 1 unspecified atom stereocenters. The summed E-state index contributed by atoms with van der Waals surface area (Å²) in [5, 5.41) is 5.11. The van der Waals surface area contributed by atoms with Crippen molar-refractivity contribution in [1.82, 2.24) is 4.98 Å². The van der Waals surface area contributed by atoms with Crippen molar-refractivity contribution in [3.63, 3.8) is 0 Å². The van der Waals surface area contributed by atoms with Crippen molar-refractivity contribution in [2.24, 2.45) is 0 Å². The van der Waals surface area contributed by atoms with E-state index in [0.29, 0.717) is 23.7 Å². The van der Waals surface area contributed by atoms with Gasteiger partial charge in [-0.15, -0.1) is 11.3 Å². The first kappa shape index (κ1) is 15.9. The Morgan fingerprint density at radius 2 is 2.43 bits per heavy atom. The summed E-state index contributed by atoms with van der Waals surface area (Å²) in [5.41, 5.74) is 0.598. The molecule has 2 heterocycles. The fourth-order valence-electron chi connectivity index (χ4n) is 2.34. The number of aryl methyl sites for hydroxylation is 1. The number of rotatable bonds is 5. The van der Waals surface area contributed by atoms with Gasteiger partial charge in [0.1, 0.15) is 23.9 Å². The average molecular weight is 336 g/mol. The second kappa shape index (κ2) is 7.06. The quantitative estimate of drug-likeness (QED) is 0.909. The van der Waals surface area contributed by atoms with Gasteiger partial charge in [-0.05, 0) is 31.9 Å². The Labute approximate surface area is 137 Å². The summed E-state index contributed by atoms with van der Waals surface area (Å²) in [5.74, 6) is -0.414. The zero-order chi connectivity index (χ0) is 16.2. The first-order valence-corrected chi connectivity index (χ1v) is 8.27. The van der Waals surface area contributed by atoms with E-state index in [2.05, 4.69) is 10.3 Å². The van der Waals surface area contributed by atoms with Crippen LogP contribution in [0.1, 0.15) is 28.3 Å². The lowest BCUT2D eigenvalue weighted by atomic mass is 10.2. The number of thiazole rings is 1. The summed E-state index contributed by atoms with van der Waals surface area (Å²) in [6, 6.07) is 4.04. The molecule has 0 aliphatic carbocycles. The summed E-state index contributed by atoms with van der Waals surface area (Å²) in [7, 11) is 0. The molecule has 0 spiro atoms. The van der Waals surface area contributed by atoms with E-state index in [1.807, 2.05) is 6.92 Å². The number of nitrogens with one attached hydrogen (secondary N) is 1. The van der Waals surface area contributed by atoms with Crippen molar-refractivity contribution in [3.05, 3.63) is 40.1 Å². The van der Waals surface area contributed by atoms with Crippen molar-refractivity contribution in [2.75, 3.05) is 18.5 Å². The Balaban J connectivity index is 1.71. The minimum atomic E-state index is -0.445. The van der Waals surface area contributed by atoms with Gasteiger partial charge in [0.2, 0.25) is 0 Å². The Hall–Kier alpha value is -1.99. The molecule has 2 aromatic rings. The number of carbonyl (C=O) groups excluding carboxylic acids is 1. The molecule has 1 fully saturated rings. The molecule has 1 N–H and O–H groups in total. The number of carbonyl (C=O) groups is 1. The van der Waals surface area contributed by atoms with Gasteiger partial charge in [-0.25, -0.2) is 9.37 Å². The molecular formula is C16H17FN2O3S. The normalized spacial score (nSPS) is 17.2. The molecule has 1 atom stereocenters. The van der Waals surface area contributed by atoms with Crippen molar-refractivity contribution >= 4 is 22.9 Å². The summed E-state index contributed by atoms with van der Waals surface area (Å²) < 4.78 is 24.7.